The van der Waals surface area contributed by atoms with Crippen molar-refractivity contribution in [2.75, 3.05) is 5.43 Å². The van der Waals surface area contributed by atoms with Gasteiger partial charge in [0.25, 0.3) is 0 Å². The third-order valence-electron chi connectivity index (χ3n) is 2.81. The zero-order valence-electron chi connectivity index (χ0n) is 10.6. The molecule has 0 aliphatic carbocycles. The maximum absolute atomic E-state index is 5.86. The van der Waals surface area contributed by atoms with E-state index in [4.69, 9.17) is 10.6 Å². The number of aryl methyl sites for hydroxylation is 2. The molecule has 0 saturated heterocycles. The van der Waals surface area contributed by atoms with Crippen molar-refractivity contribution in [3.05, 3.63) is 53.2 Å². The Morgan fingerprint density at radius 3 is 2.56 bits per heavy atom. The van der Waals surface area contributed by atoms with Crippen LogP contribution < -0.4 is 16.0 Å². The number of benzene rings is 1. The van der Waals surface area contributed by atoms with E-state index in [-0.39, 0.29) is 0 Å². The van der Waals surface area contributed by atoms with Gasteiger partial charge in [0.2, 0.25) is 0 Å². The second-order valence-electron chi connectivity index (χ2n) is 4.17. The topological polar surface area (TPSA) is 60.2 Å². The molecular formula is C14H17N3O. The summed E-state index contributed by atoms with van der Waals surface area (Å²) in [5, 5.41) is 0. The Morgan fingerprint density at radius 2 is 1.89 bits per heavy atom. The van der Waals surface area contributed by atoms with Gasteiger partial charge in [0.15, 0.2) is 0 Å². The molecule has 94 valence electrons. The highest BCUT2D eigenvalue weighted by Crippen LogP contribution is 2.24. The van der Waals surface area contributed by atoms with Crippen LogP contribution in [0.25, 0.3) is 0 Å². The molecule has 0 spiro atoms. The first kappa shape index (κ1) is 12.4. The molecule has 0 bridgehead atoms. The summed E-state index contributed by atoms with van der Waals surface area (Å²) >= 11 is 0. The summed E-state index contributed by atoms with van der Waals surface area (Å²) in [5.74, 6) is 6.97. The fourth-order valence-electron chi connectivity index (χ4n) is 1.86. The molecule has 0 radical (unpaired) electrons. The van der Waals surface area contributed by atoms with Crippen molar-refractivity contribution in [3.63, 3.8) is 0 Å². The number of nitrogens with two attached hydrogens (primary N) is 1. The number of hydrogen-bond donors (Lipinski definition) is 2. The number of nitrogens with zero attached hydrogens (tertiary/aromatic N) is 1. The Labute approximate surface area is 107 Å². The molecule has 1 aromatic heterocycles. The van der Waals surface area contributed by atoms with Crippen LogP contribution in [-0.4, -0.2) is 4.98 Å². The molecule has 2 aromatic rings. The number of rotatable bonds is 4. The second-order valence-corrected chi connectivity index (χ2v) is 4.17. The van der Waals surface area contributed by atoms with E-state index in [1.54, 1.807) is 6.20 Å². The van der Waals surface area contributed by atoms with E-state index < -0.39 is 0 Å². The molecule has 0 fully saturated rings. The van der Waals surface area contributed by atoms with Crippen molar-refractivity contribution in [2.24, 2.45) is 5.84 Å². The molecule has 3 N–H and O–H groups in total. The number of para-hydroxylation sites is 1. The number of hydrogen-bond acceptors (Lipinski definition) is 4. The highest BCUT2D eigenvalue weighted by atomic mass is 16.5. The minimum Gasteiger partial charge on any atom is -0.488 e. The Morgan fingerprint density at radius 1 is 1.17 bits per heavy atom. The van der Waals surface area contributed by atoms with Crippen LogP contribution in [-0.2, 0) is 6.61 Å². The van der Waals surface area contributed by atoms with Crippen LogP contribution in [0.1, 0.15) is 16.7 Å². The van der Waals surface area contributed by atoms with E-state index in [1.807, 2.05) is 44.2 Å². The third-order valence-corrected chi connectivity index (χ3v) is 2.81. The predicted octanol–water partition coefficient (Wildman–Crippen LogP) is 2.56. The van der Waals surface area contributed by atoms with Gasteiger partial charge in [-0.25, -0.2) is 10.8 Å². The van der Waals surface area contributed by atoms with Gasteiger partial charge < -0.3 is 10.2 Å². The van der Waals surface area contributed by atoms with E-state index in [2.05, 4.69) is 10.4 Å². The first-order chi connectivity index (χ1) is 8.72. The average molecular weight is 243 g/mol. The van der Waals surface area contributed by atoms with E-state index in [9.17, 15) is 0 Å². The minimum absolute atomic E-state index is 0.444. The largest absolute Gasteiger partial charge is 0.488 e. The molecule has 1 heterocycles. The van der Waals surface area contributed by atoms with Crippen molar-refractivity contribution in [2.45, 2.75) is 20.5 Å². The first-order valence-electron chi connectivity index (χ1n) is 5.82. The maximum atomic E-state index is 5.86. The van der Waals surface area contributed by atoms with Gasteiger partial charge in [0.1, 0.15) is 18.2 Å². The number of aromatic nitrogens is 1. The summed E-state index contributed by atoms with van der Waals surface area (Å²) in [4.78, 5) is 4.14. The molecule has 0 aliphatic heterocycles. The molecule has 0 amide bonds. The summed E-state index contributed by atoms with van der Waals surface area (Å²) in [5.41, 5.74) is 5.76. The van der Waals surface area contributed by atoms with Crippen LogP contribution in [0.3, 0.4) is 0 Å². The first-order valence-corrected chi connectivity index (χ1v) is 5.82. The van der Waals surface area contributed by atoms with Gasteiger partial charge in [-0.1, -0.05) is 24.3 Å². The van der Waals surface area contributed by atoms with Gasteiger partial charge in [-0.2, -0.15) is 0 Å². The van der Waals surface area contributed by atoms with E-state index in [0.29, 0.717) is 12.4 Å². The molecular weight excluding hydrogens is 226 g/mol. The molecule has 0 atom stereocenters. The summed E-state index contributed by atoms with van der Waals surface area (Å²) in [6, 6.07) is 9.90. The Kier molecular flexibility index (Phi) is 3.79. The van der Waals surface area contributed by atoms with Crippen LogP contribution in [0.5, 0.6) is 5.75 Å². The molecule has 0 saturated carbocycles. The summed E-state index contributed by atoms with van der Waals surface area (Å²) in [6.07, 6.45) is 1.69. The van der Waals surface area contributed by atoms with Crippen molar-refractivity contribution in [1.82, 2.24) is 4.98 Å². The van der Waals surface area contributed by atoms with Crippen LogP contribution >= 0.6 is 0 Å². The Hall–Kier alpha value is -2.07. The average Bonchev–Trinajstić information content (AvgIpc) is 2.38. The van der Waals surface area contributed by atoms with E-state index >= 15 is 0 Å². The number of nitrogen functional groups attached to an aromatic ring is 1. The lowest BCUT2D eigenvalue weighted by atomic mass is 10.1. The van der Waals surface area contributed by atoms with Gasteiger partial charge in [0.05, 0.1) is 0 Å². The lowest BCUT2D eigenvalue weighted by Crippen LogP contribution is -2.12. The smallest absolute Gasteiger partial charge is 0.146 e. The van der Waals surface area contributed by atoms with Crippen LogP contribution in [0, 0.1) is 13.8 Å². The van der Waals surface area contributed by atoms with Gasteiger partial charge in [-0.05, 0) is 31.0 Å². The van der Waals surface area contributed by atoms with Crippen LogP contribution in [0.4, 0.5) is 5.82 Å². The molecule has 18 heavy (non-hydrogen) atoms. The maximum Gasteiger partial charge on any atom is 0.146 e. The van der Waals surface area contributed by atoms with E-state index in [0.717, 1.165) is 22.4 Å². The standard InChI is InChI=1S/C14H17N3O/c1-10-5-3-6-11(2)13(10)18-9-12-7-4-8-16-14(12)17-15/h3-8H,9,15H2,1-2H3,(H,16,17). The third kappa shape index (κ3) is 2.60. The van der Waals surface area contributed by atoms with Crippen molar-refractivity contribution < 1.29 is 4.74 Å². The summed E-state index contributed by atoms with van der Waals surface area (Å²) < 4.78 is 5.86. The second kappa shape index (κ2) is 5.51. The van der Waals surface area contributed by atoms with Crippen LogP contribution in [0.15, 0.2) is 36.5 Å². The summed E-state index contributed by atoms with van der Waals surface area (Å²) in [7, 11) is 0. The van der Waals surface area contributed by atoms with Gasteiger partial charge in [-0.15, -0.1) is 0 Å². The summed E-state index contributed by atoms with van der Waals surface area (Å²) in [6.45, 7) is 4.51. The monoisotopic (exact) mass is 243 g/mol. The number of hydrazine groups is 1. The zero-order chi connectivity index (χ0) is 13.0. The normalized spacial score (nSPS) is 10.2. The molecule has 4 nitrogen and oxygen atoms in total. The number of nitrogens with one attached hydrogen (secondary N) is 1. The number of ether oxygens (including phenoxy) is 1. The number of anilines is 1. The minimum atomic E-state index is 0.444. The van der Waals surface area contributed by atoms with Crippen molar-refractivity contribution in [1.29, 1.82) is 0 Å². The molecule has 0 aliphatic rings. The van der Waals surface area contributed by atoms with Gasteiger partial charge in [-0.3, -0.25) is 0 Å². The lowest BCUT2D eigenvalue weighted by molar-refractivity contribution is 0.302. The predicted molar refractivity (Wildman–Crippen MR) is 72.3 cm³/mol. The fourth-order valence-corrected chi connectivity index (χ4v) is 1.86. The van der Waals surface area contributed by atoms with Gasteiger partial charge in [0, 0.05) is 11.8 Å². The quantitative estimate of drug-likeness (QED) is 0.640. The Balaban J connectivity index is 2.16. The zero-order valence-corrected chi connectivity index (χ0v) is 10.6. The molecule has 4 heteroatoms. The number of pyridine rings is 1. The fraction of sp³-hybridized carbons (Fsp3) is 0.214. The molecule has 1 aromatic carbocycles. The lowest BCUT2D eigenvalue weighted by Gasteiger charge is -2.13. The van der Waals surface area contributed by atoms with Crippen molar-refractivity contribution >= 4 is 5.82 Å². The van der Waals surface area contributed by atoms with Crippen molar-refractivity contribution in [3.8, 4) is 5.75 Å². The Bertz CT molecular complexity index is 520. The molecule has 0 unspecified atom stereocenters. The SMILES string of the molecule is Cc1cccc(C)c1OCc1cccnc1NN. The highest BCUT2D eigenvalue weighted by molar-refractivity contribution is 5.43. The van der Waals surface area contributed by atoms with Crippen LogP contribution in [0.2, 0.25) is 0 Å². The van der Waals surface area contributed by atoms with Gasteiger partial charge >= 0.3 is 0 Å². The highest BCUT2D eigenvalue weighted by Gasteiger charge is 2.06. The molecule has 2 rings (SSSR count). The van der Waals surface area contributed by atoms with E-state index in [1.165, 1.54) is 0 Å².